The van der Waals surface area contributed by atoms with Gasteiger partial charge < -0.3 is 14.7 Å². The number of amides is 1. The molecule has 1 amide bonds. The zero-order valence-corrected chi connectivity index (χ0v) is 11.1. The predicted octanol–water partition coefficient (Wildman–Crippen LogP) is 1.26. The first-order valence-corrected chi connectivity index (χ1v) is 6.22. The monoisotopic (exact) mass is 313 g/mol. The number of carboxylic acids is 1. The van der Waals surface area contributed by atoms with Crippen molar-refractivity contribution in [3.63, 3.8) is 0 Å². The smallest absolute Gasteiger partial charge is 0.334 e. The Bertz CT molecular complexity index is 460. The molecule has 1 unspecified atom stereocenters. The van der Waals surface area contributed by atoms with E-state index in [0.717, 1.165) is 10.0 Å². The molecule has 5 nitrogen and oxygen atoms in total. The summed E-state index contributed by atoms with van der Waals surface area (Å²) in [6.45, 7) is 0.316. The van der Waals surface area contributed by atoms with Gasteiger partial charge in [0.2, 0.25) is 5.91 Å². The Labute approximate surface area is 112 Å². The van der Waals surface area contributed by atoms with Gasteiger partial charge in [0, 0.05) is 11.0 Å². The lowest BCUT2D eigenvalue weighted by Crippen LogP contribution is -2.49. The van der Waals surface area contributed by atoms with Gasteiger partial charge in [0.05, 0.1) is 6.54 Å². The number of hydrogen-bond acceptors (Lipinski definition) is 3. The van der Waals surface area contributed by atoms with Crippen LogP contribution in [0.25, 0.3) is 0 Å². The lowest BCUT2D eigenvalue weighted by molar-refractivity contribution is -0.165. The topological polar surface area (TPSA) is 66.8 Å². The minimum absolute atomic E-state index is 0.0875. The fourth-order valence-electron chi connectivity index (χ4n) is 1.73. The second kappa shape index (κ2) is 5.49. The van der Waals surface area contributed by atoms with E-state index in [2.05, 4.69) is 15.9 Å². The van der Waals surface area contributed by atoms with Crippen LogP contribution >= 0.6 is 15.9 Å². The summed E-state index contributed by atoms with van der Waals surface area (Å²) in [6, 6.07) is 7.55. The Kier molecular flexibility index (Phi) is 3.98. The van der Waals surface area contributed by atoms with Gasteiger partial charge in [-0.25, -0.2) is 4.79 Å². The average Bonchev–Trinajstić information content (AvgIpc) is 2.34. The Morgan fingerprint density at radius 1 is 1.44 bits per heavy atom. The van der Waals surface area contributed by atoms with Crippen molar-refractivity contribution in [2.75, 3.05) is 13.2 Å². The van der Waals surface area contributed by atoms with Crippen LogP contribution in [0.15, 0.2) is 28.7 Å². The van der Waals surface area contributed by atoms with E-state index in [4.69, 9.17) is 9.84 Å². The van der Waals surface area contributed by atoms with Gasteiger partial charge in [-0.3, -0.25) is 4.79 Å². The van der Waals surface area contributed by atoms with Crippen molar-refractivity contribution in [3.05, 3.63) is 34.3 Å². The van der Waals surface area contributed by atoms with E-state index in [1.165, 1.54) is 4.90 Å². The molecule has 1 saturated heterocycles. The van der Waals surface area contributed by atoms with Crippen molar-refractivity contribution in [1.29, 1.82) is 0 Å². The number of rotatable bonds is 3. The number of morpholine rings is 1. The van der Waals surface area contributed by atoms with E-state index in [1.54, 1.807) is 0 Å². The minimum atomic E-state index is -1.04. The molecule has 0 aromatic heterocycles. The molecule has 1 atom stereocenters. The highest BCUT2D eigenvalue weighted by Gasteiger charge is 2.30. The summed E-state index contributed by atoms with van der Waals surface area (Å²) in [5.41, 5.74) is 0.956. The van der Waals surface area contributed by atoms with Crippen molar-refractivity contribution in [2.24, 2.45) is 0 Å². The molecule has 0 radical (unpaired) electrons. The maximum Gasteiger partial charge on any atom is 0.334 e. The molecule has 1 aromatic rings. The third kappa shape index (κ3) is 3.08. The van der Waals surface area contributed by atoms with Crippen molar-refractivity contribution < 1.29 is 19.4 Å². The van der Waals surface area contributed by atoms with Crippen LogP contribution in [0.2, 0.25) is 0 Å². The molecule has 2 rings (SSSR count). The van der Waals surface area contributed by atoms with E-state index >= 15 is 0 Å². The minimum Gasteiger partial charge on any atom is -0.479 e. The number of carboxylic acid groups (broad SMARTS) is 1. The summed E-state index contributed by atoms with van der Waals surface area (Å²) in [5.74, 6) is -1.22. The number of halogens is 1. The van der Waals surface area contributed by atoms with E-state index in [0.29, 0.717) is 6.54 Å². The van der Waals surface area contributed by atoms with E-state index < -0.39 is 12.1 Å². The third-order valence-corrected chi connectivity index (χ3v) is 3.24. The summed E-state index contributed by atoms with van der Waals surface area (Å²) in [7, 11) is 0. The summed E-state index contributed by atoms with van der Waals surface area (Å²) in [6.07, 6.45) is -0.932. The van der Waals surface area contributed by atoms with Gasteiger partial charge in [-0.15, -0.1) is 0 Å². The molecule has 1 aliphatic rings. The first-order valence-electron chi connectivity index (χ1n) is 5.43. The van der Waals surface area contributed by atoms with E-state index in [1.807, 2.05) is 24.3 Å². The van der Waals surface area contributed by atoms with Crippen LogP contribution in [0.5, 0.6) is 0 Å². The standard InChI is InChI=1S/C12H12BrNO4/c13-9-3-1-8(2-4-9)5-14-6-10(12(16)17)18-7-11(14)15/h1-4,10H,5-7H2,(H,16,17). The molecule has 0 spiro atoms. The Morgan fingerprint density at radius 3 is 2.72 bits per heavy atom. The molecule has 1 aromatic carbocycles. The van der Waals surface area contributed by atoms with E-state index in [-0.39, 0.29) is 19.1 Å². The number of nitrogens with zero attached hydrogens (tertiary/aromatic N) is 1. The maximum atomic E-state index is 11.6. The molecular weight excluding hydrogens is 302 g/mol. The largest absolute Gasteiger partial charge is 0.479 e. The molecule has 1 heterocycles. The average molecular weight is 314 g/mol. The summed E-state index contributed by atoms with van der Waals surface area (Å²) in [5, 5.41) is 8.88. The predicted molar refractivity (Wildman–Crippen MR) is 66.9 cm³/mol. The summed E-state index contributed by atoms with van der Waals surface area (Å²) in [4.78, 5) is 24.0. The number of benzene rings is 1. The molecule has 0 aliphatic carbocycles. The van der Waals surface area contributed by atoms with E-state index in [9.17, 15) is 9.59 Å². The van der Waals surface area contributed by atoms with Gasteiger partial charge in [-0.05, 0) is 17.7 Å². The molecule has 1 N–H and O–H groups in total. The molecule has 18 heavy (non-hydrogen) atoms. The number of carbonyl (C=O) groups excluding carboxylic acids is 1. The lowest BCUT2D eigenvalue weighted by atomic mass is 10.2. The van der Waals surface area contributed by atoms with Crippen LogP contribution in [0.4, 0.5) is 0 Å². The van der Waals surface area contributed by atoms with Crippen molar-refractivity contribution in [2.45, 2.75) is 12.6 Å². The fourth-order valence-corrected chi connectivity index (χ4v) is 1.99. The van der Waals surface area contributed by atoms with Gasteiger partial charge >= 0.3 is 5.97 Å². The van der Waals surface area contributed by atoms with Gasteiger partial charge in [-0.2, -0.15) is 0 Å². The third-order valence-electron chi connectivity index (χ3n) is 2.71. The van der Waals surface area contributed by atoms with Crippen molar-refractivity contribution >= 4 is 27.8 Å². The number of hydrogen-bond donors (Lipinski definition) is 1. The van der Waals surface area contributed by atoms with Gasteiger partial charge in [0.1, 0.15) is 6.61 Å². The molecule has 96 valence electrons. The van der Waals surface area contributed by atoms with Crippen LogP contribution in [0.1, 0.15) is 5.56 Å². The first-order chi connectivity index (χ1) is 8.56. The van der Waals surface area contributed by atoms with Gasteiger partial charge in [0.15, 0.2) is 6.10 Å². The number of carbonyl (C=O) groups is 2. The molecule has 6 heteroatoms. The van der Waals surface area contributed by atoms with Crippen molar-refractivity contribution in [3.8, 4) is 0 Å². The molecule has 1 fully saturated rings. The SMILES string of the molecule is O=C(O)C1CN(Cc2ccc(Br)cc2)C(=O)CO1. The van der Waals surface area contributed by atoms with Crippen LogP contribution < -0.4 is 0 Å². The quantitative estimate of drug-likeness (QED) is 0.912. The van der Waals surface area contributed by atoms with Crippen LogP contribution in [0.3, 0.4) is 0 Å². The highest BCUT2D eigenvalue weighted by Crippen LogP contribution is 2.15. The zero-order chi connectivity index (χ0) is 13.1. The van der Waals surface area contributed by atoms with Gasteiger partial charge in [0.25, 0.3) is 0 Å². The van der Waals surface area contributed by atoms with Crippen LogP contribution in [-0.4, -0.2) is 41.1 Å². The van der Waals surface area contributed by atoms with Crippen molar-refractivity contribution in [1.82, 2.24) is 4.90 Å². The Hall–Kier alpha value is -1.40. The summed E-state index contributed by atoms with van der Waals surface area (Å²) < 4.78 is 5.90. The Morgan fingerprint density at radius 2 is 2.11 bits per heavy atom. The maximum absolute atomic E-state index is 11.6. The highest BCUT2D eigenvalue weighted by molar-refractivity contribution is 9.10. The van der Waals surface area contributed by atoms with Gasteiger partial charge in [-0.1, -0.05) is 28.1 Å². The van der Waals surface area contributed by atoms with Crippen LogP contribution in [0, 0.1) is 0 Å². The Balaban J connectivity index is 2.04. The lowest BCUT2D eigenvalue weighted by Gasteiger charge is -2.30. The highest BCUT2D eigenvalue weighted by atomic mass is 79.9. The van der Waals surface area contributed by atoms with Crippen LogP contribution in [-0.2, 0) is 20.9 Å². The fraction of sp³-hybridized carbons (Fsp3) is 0.333. The number of aliphatic carboxylic acids is 1. The second-order valence-electron chi connectivity index (χ2n) is 4.04. The normalized spacial score (nSPS) is 19.9. The second-order valence-corrected chi connectivity index (χ2v) is 4.95. The first kappa shape index (κ1) is 13.0. The number of ether oxygens (including phenoxy) is 1. The molecule has 1 aliphatic heterocycles. The molecule has 0 saturated carbocycles. The molecular formula is C12H12BrNO4. The summed E-state index contributed by atoms with van der Waals surface area (Å²) >= 11 is 3.33. The molecule has 0 bridgehead atoms. The zero-order valence-electron chi connectivity index (χ0n) is 9.51.